The number of nitrogens with zero attached hydrogens (tertiary/aromatic N) is 1. The van der Waals surface area contributed by atoms with Gasteiger partial charge in [-0.3, -0.25) is 9.69 Å². The zero-order chi connectivity index (χ0) is 23.9. The normalized spacial score (nSPS) is 11.6. The number of rotatable bonds is 9. The Bertz CT molecular complexity index is 1140. The number of hydrogen-bond donors (Lipinski definition) is 0. The van der Waals surface area contributed by atoms with Crippen molar-refractivity contribution < 1.29 is 32.3 Å². The van der Waals surface area contributed by atoms with Crippen molar-refractivity contribution in [2.45, 2.75) is 25.2 Å². The number of esters is 2. The average Bonchev–Trinajstić information content (AvgIpc) is 2.78. The van der Waals surface area contributed by atoms with Gasteiger partial charge < -0.3 is 9.47 Å². The Morgan fingerprint density at radius 3 is 2.16 bits per heavy atom. The van der Waals surface area contributed by atoms with Crippen LogP contribution in [-0.4, -0.2) is 46.7 Å². The molecule has 8 nitrogen and oxygen atoms in total. The largest absolute Gasteiger partial charge is 0.465 e. The molecule has 0 radical (unpaired) electrons. The van der Waals surface area contributed by atoms with Gasteiger partial charge in [0, 0.05) is 5.70 Å². The molecule has 0 aliphatic heterocycles. The molecule has 0 unspecified atom stereocenters. The topological polar surface area (TPSA) is 107 Å². The zero-order valence-electron chi connectivity index (χ0n) is 18.3. The second-order valence-electron chi connectivity index (χ2n) is 6.87. The SMILES string of the molecule is CC/C=C(\CS(=O)(=O)c1ccc(C)cc1)N(C=O)c1ccc(C(=O)OC)cc1C(=O)OC. The van der Waals surface area contributed by atoms with E-state index in [4.69, 9.17) is 4.74 Å². The summed E-state index contributed by atoms with van der Waals surface area (Å²) < 4.78 is 35.5. The van der Waals surface area contributed by atoms with Gasteiger partial charge in [0.15, 0.2) is 9.84 Å². The molecule has 0 atom stereocenters. The lowest BCUT2D eigenvalue weighted by Crippen LogP contribution is -2.28. The molecule has 0 spiro atoms. The molecule has 2 rings (SSSR count). The molecule has 0 heterocycles. The van der Waals surface area contributed by atoms with E-state index in [-0.39, 0.29) is 27.4 Å². The Morgan fingerprint density at radius 2 is 1.62 bits per heavy atom. The summed E-state index contributed by atoms with van der Waals surface area (Å²) >= 11 is 0. The van der Waals surface area contributed by atoms with E-state index in [0.29, 0.717) is 12.8 Å². The van der Waals surface area contributed by atoms with Crippen molar-refractivity contribution >= 4 is 33.9 Å². The van der Waals surface area contributed by atoms with Gasteiger partial charge >= 0.3 is 11.9 Å². The van der Waals surface area contributed by atoms with Crippen LogP contribution in [0.2, 0.25) is 0 Å². The molecule has 2 aromatic carbocycles. The van der Waals surface area contributed by atoms with E-state index in [1.54, 1.807) is 25.1 Å². The molecule has 170 valence electrons. The number of carbonyl (C=O) groups is 3. The first-order valence-corrected chi connectivity index (χ1v) is 11.4. The molecule has 0 saturated heterocycles. The third-order valence-corrected chi connectivity index (χ3v) is 6.32. The molecule has 0 aromatic heterocycles. The van der Waals surface area contributed by atoms with Crippen molar-refractivity contribution in [3.8, 4) is 0 Å². The lowest BCUT2D eigenvalue weighted by Gasteiger charge is -2.23. The summed E-state index contributed by atoms with van der Waals surface area (Å²) in [5.74, 6) is -1.94. The number of ether oxygens (including phenoxy) is 2. The van der Waals surface area contributed by atoms with Crippen molar-refractivity contribution in [3.05, 3.63) is 70.9 Å². The average molecular weight is 460 g/mol. The van der Waals surface area contributed by atoms with E-state index in [1.807, 2.05) is 6.92 Å². The minimum atomic E-state index is -3.78. The summed E-state index contributed by atoms with van der Waals surface area (Å²) in [7, 11) is -1.43. The first-order valence-electron chi connectivity index (χ1n) is 9.72. The van der Waals surface area contributed by atoms with Crippen LogP contribution in [0.25, 0.3) is 0 Å². The number of benzene rings is 2. The monoisotopic (exact) mass is 459 g/mol. The van der Waals surface area contributed by atoms with Gasteiger partial charge in [-0.1, -0.05) is 30.7 Å². The number of aryl methyl sites for hydroxylation is 1. The van der Waals surface area contributed by atoms with Crippen molar-refractivity contribution in [2.75, 3.05) is 24.9 Å². The van der Waals surface area contributed by atoms with Crippen LogP contribution in [0.15, 0.2) is 59.1 Å². The summed E-state index contributed by atoms with van der Waals surface area (Å²) in [6, 6.07) is 10.4. The van der Waals surface area contributed by atoms with E-state index in [2.05, 4.69) is 4.74 Å². The number of sulfone groups is 1. The lowest BCUT2D eigenvalue weighted by molar-refractivity contribution is -0.107. The Hall–Kier alpha value is -3.46. The second kappa shape index (κ2) is 10.7. The number of carbonyl (C=O) groups excluding carboxylic acids is 3. The molecular formula is C23H25NO7S. The standard InChI is InChI=1S/C23H25NO7S/c1-5-6-18(14-32(28,29)19-10-7-16(2)8-11-19)24(15-25)21-12-9-17(22(26)30-3)13-20(21)23(27)31-4/h6-13,15H,5,14H2,1-4H3/b18-6+. The molecule has 1 amide bonds. The van der Waals surface area contributed by atoms with Gasteiger partial charge in [-0.15, -0.1) is 0 Å². The van der Waals surface area contributed by atoms with Gasteiger partial charge in [0.2, 0.25) is 6.41 Å². The molecule has 0 N–H and O–H groups in total. The van der Waals surface area contributed by atoms with Gasteiger partial charge in [-0.05, 0) is 43.7 Å². The first kappa shape index (κ1) is 24.8. The number of allylic oxidation sites excluding steroid dienone is 1. The van der Waals surface area contributed by atoms with E-state index >= 15 is 0 Å². The minimum Gasteiger partial charge on any atom is -0.465 e. The fourth-order valence-electron chi connectivity index (χ4n) is 3.03. The molecule has 0 aliphatic carbocycles. The maximum absolute atomic E-state index is 13.0. The highest BCUT2D eigenvalue weighted by molar-refractivity contribution is 7.91. The van der Waals surface area contributed by atoms with Gasteiger partial charge in [-0.2, -0.15) is 0 Å². The predicted molar refractivity (Wildman–Crippen MR) is 119 cm³/mol. The van der Waals surface area contributed by atoms with Gasteiger partial charge in [0.1, 0.15) is 0 Å². The highest BCUT2D eigenvalue weighted by atomic mass is 32.2. The first-order chi connectivity index (χ1) is 15.2. The Labute approximate surface area is 187 Å². The predicted octanol–water partition coefficient (Wildman–Crippen LogP) is 3.30. The zero-order valence-corrected chi connectivity index (χ0v) is 19.1. The quantitative estimate of drug-likeness (QED) is 0.418. The summed E-state index contributed by atoms with van der Waals surface area (Å²) in [4.78, 5) is 37.5. The van der Waals surface area contributed by atoms with Crippen LogP contribution >= 0.6 is 0 Å². The lowest BCUT2D eigenvalue weighted by atomic mass is 10.1. The Balaban J connectivity index is 2.56. The number of methoxy groups -OCH3 is 2. The second-order valence-corrected chi connectivity index (χ2v) is 8.86. The number of amides is 1. The van der Waals surface area contributed by atoms with Gasteiger partial charge in [0.05, 0.1) is 41.7 Å². The van der Waals surface area contributed by atoms with Crippen LogP contribution < -0.4 is 4.90 Å². The van der Waals surface area contributed by atoms with Crippen molar-refractivity contribution in [2.24, 2.45) is 0 Å². The van der Waals surface area contributed by atoms with Crippen molar-refractivity contribution in [3.63, 3.8) is 0 Å². The number of hydrogen-bond acceptors (Lipinski definition) is 7. The fraction of sp³-hybridized carbons (Fsp3) is 0.261. The van der Waals surface area contributed by atoms with Crippen molar-refractivity contribution in [1.29, 1.82) is 0 Å². The van der Waals surface area contributed by atoms with E-state index < -0.39 is 27.5 Å². The van der Waals surface area contributed by atoms with Crippen LogP contribution in [0.1, 0.15) is 39.6 Å². The third-order valence-electron chi connectivity index (χ3n) is 4.66. The molecule has 2 aromatic rings. The van der Waals surface area contributed by atoms with Gasteiger partial charge in [-0.25, -0.2) is 18.0 Å². The molecule has 0 saturated carbocycles. The molecular weight excluding hydrogens is 434 g/mol. The summed E-state index contributed by atoms with van der Waals surface area (Å²) in [6.45, 7) is 3.64. The smallest absolute Gasteiger partial charge is 0.340 e. The van der Waals surface area contributed by atoms with Crippen LogP contribution in [-0.2, 0) is 24.1 Å². The van der Waals surface area contributed by atoms with Crippen LogP contribution in [0.4, 0.5) is 5.69 Å². The van der Waals surface area contributed by atoms with E-state index in [9.17, 15) is 22.8 Å². The Kier molecular flexibility index (Phi) is 8.31. The maximum atomic E-state index is 13.0. The molecule has 9 heteroatoms. The van der Waals surface area contributed by atoms with Crippen LogP contribution in [0.5, 0.6) is 0 Å². The van der Waals surface area contributed by atoms with Crippen LogP contribution in [0.3, 0.4) is 0 Å². The number of anilines is 1. The summed E-state index contributed by atoms with van der Waals surface area (Å²) in [6.07, 6.45) is 2.46. The van der Waals surface area contributed by atoms with Gasteiger partial charge in [0.25, 0.3) is 0 Å². The summed E-state index contributed by atoms with van der Waals surface area (Å²) in [5, 5.41) is 0. The highest BCUT2D eigenvalue weighted by Gasteiger charge is 2.25. The van der Waals surface area contributed by atoms with E-state index in [1.165, 1.54) is 37.4 Å². The molecule has 32 heavy (non-hydrogen) atoms. The molecule has 0 fully saturated rings. The Morgan fingerprint density at radius 1 is 1.00 bits per heavy atom. The summed E-state index contributed by atoms with van der Waals surface area (Å²) in [5.41, 5.74) is 1.15. The highest BCUT2D eigenvalue weighted by Crippen LogP contribution is 2.27. The molecule has 0 aliphatic rings. The fourth-order valence-corrected chi connectivity index (χ4v) is 4.39. The third kappa shape index (κ3) is 5.61. The van der Waals surface area contributed by atoms with Crippen LogP contribution in [0, 0.1) is 6.92 Å². The van der Waals surface area contributed by atoms with Crippen molar-refractivity contribution in [1.82, 2.24) is 0 Å². The maximum Gasteiger partial charge on any atom is 0.340 e. The van der Waals surface area contributed by atoms with E-state index in [0.717, 1.165) is 17.6 Å². The minimum absolute atomic E-state index is 0.0794. The molecule has 0 bridgehead atoms.